The van der Waals surface area contributed by atoms with E-state index >= 15 is 0 Å². The maximum absolute atomic E-state index is 11.4. The maximum Gasteiger partial charge on any atom is 0.217 e. The second kappa shape index (κ2) is 21.9. The van der Waals surface area contributed by atoms with Gasteiger partial charge < -0.3 is 24.8 Å². The third-order valence-electron chi connectivity index (χ3n) is 9.72. The molecule has 49 heavy (non-hydrogen) atoms. The van der Waals surface area contributed by atoms with Crippen LogP contribution in [-0.4, -0.2) is 41.7 Å². The first kappa shape index (κ1) is 38.8. The first-order valence-corrected chi connectivity index (χ1v) is 19.2. The number of benzene rings is 3. The topological polar surface area (TPSA) is 71.0 Å². The summed E-state index contributed by atoms with van der Waals surface area (Å²) >= 11 is 0. The zero-order valence-corrected chi connectivity index (χ0v) is 30.5. The molecular formula is C43H62N2O4. The molecule has 0 bridgehead atoms. The minimum absolute atomic E-state index is 0.0314. The second-order valence-corrected chi connectivity index (χ2v) is 13.9. The number of amides is 1. The number of aliphatic hydroxyl groups is 1. The van der Waals surface area contributed by atoms with Crippen LogP contribution in [0, 0.1) is 0 Å². The molecule has 0 aliphatic carbocycles. The van der Waals surface area contributed by atoms with Gasteiger partial charge in [0.05, 0.1) is 18.8 Å². The largest absolute Gasteiger partial charge is 0.392 e. The van der Waals surface area contributed by atoms with Crippen molar-refractivity contribution in [1.29, 1.82) is 0 Å². The van der Waals surface area contributed by atoms with Crippen molar-refractivity contribution in [2.45, 2.75) is 136 Å². The van der Waals surface area contributed by atoms with Crippen LogP contribution in [0.15, 0.2) is 72.8 Å². The minimum atomic E-state index is -0.466. The highest BCUT2D eigenvalue weighted by atomic mass is 16.7. The third-order valence-corrected chi connectivity index (χ3v) is 9.72. The van der Waals surface area contributed by atoms with Crippen molar-refractivity contribution in [1.82, 2.24) is 10.2 Å². The lowest BCUT2D eigenvalue weighted by Crippen LogP contribution is -2.40. The van der Waals surface area contributed by atoms with Crippen molar-refractivity contribution in [3.8, 4) is 11.1 Å². The van der Waals surface area contributed by atoms with Crippen molar-refractivity contribution in [3.05, 3.63) is 95.1 Å². The fourth-order valence-corrected chi connectivity index (χ4v) is 6.77. The molecule has 1 aliphatic heterocycles. The molecule has 3 aromatic carbocycles. The van der Waals surface area contributed by atoms with Gasteiger partial charge in [-0.05, 0) is 59.8 Å². The van der Waals surface area contributed by atoms with Crippen molar-refractivity contribution < 1.29 is 19.4 Å². The van der Waals surface area contributed by atoms with Crippen LogP contribution in [0.2, 0.25) is 0 Å². The van der Waals surface area contributed by atoms with E-state index in [1.807, 2.05) is 24.3 Å². The fraction of sp³-hybridized carbons (Fsp3) is 0.558. The standard InChI is InChI=1S/C43H62N2O4/c1-4-6-8-10-12-14-27-45(28-15-13-11-9-7-5-2)32-41-30-42(38-21-19-35(33-46)20-22-38)49-43(48-41)39-25-23-37(24-26-39)40-18-16-17-36(29-40)31-44-34(3)47/h16-26,29,41-43,46H,4-15,27-28,30-33H2,1-3H3,(H,44,47). The SMILES string of the molecule is CCCCCCCCN(CCCCCCCC)CC1CC(c2ccc(CO)cc2)OC(c2ccc(-c3cccc(CNC(C)=O)c3)cc2)O1. The molecule has 3 aromatic rings. The maximum atomic E-state index is 11.4. The molecule has 0 saturated carbocycles. The molecule has 1 aliphatic rings. The highest BCUT2D eigenvalue weighted by molar-refractivity contribution is 5.73. The monoisotopic (exact) mass is 670 g/mol. The highest BCUT2D eigenvalue weighted by Crippen LogP contribution is 2.39. The Morgan fingerprint density at radius 2 is 1.35 bits per heavy atom. The molecule has 1 saturated heterocycles. The third kappa shape index (κ3) is 13.7. The van der Waals surface area contributed by atoms with Crippen LogP contribution in [0.25, 0.3) is 11.1 Å². The molecule has 1 heterocycles. The molecule has 6 nitrogen and oxygen atoms in total. The normalized spacial score (nSPS) is 17.8. The van der Waals surface area contributed by atoms with Gasteiger partial charge in [0.15, 0.2) is 6.29 Å². The van der Waals surface area contributed by atoms with Gasteiger partial charge >= 0.3 is 0 Å². The first-order valence-electron chi connectivity index (χ1n) is 19.2. The lowest BCUT2D eigenvalue weighted by Gasteiger charge is -2.38. The molecule has 2 N–H and O–H groups in total. The summed E-state index contributed by atoms with van der Waals surface area (Å²) in [6, 6.07) is 25.0. The number of rotatable bonds is 22. The number of unbranched alkanes of at least 4 members (excludes halogenated alkanes) is 10. The van der Waals surface area contributed by atoms with Crippen LogP contribution < -0.4 is 5.32 Å². The van der Waals surface area contributed by atoms with Gasteiger partial charge in [0, 0.05) is 32.0 Å². The van der Waals surface area contributed by atoms with E-state index in [4.69, 9.17) is 9.47 Å². The Kier molecular flexibility index (Phi) is 17.3. The Morgan fingerprint density at radius 3 is 1.96 bits per heavy atom. The summed E-state index contributed by atoms with van der Waals surface area (Å²) in [5.41, 5.74) is 6.34. The molecule has 1 amide bonds. The Labute approximate surface area is 296 Å². The Balaban J connectivity index is 1.48. The molecule has 0 spiro atoms. The average Bonchev–Trinajstić information content (AvgIpc) is 3.13. The Morgan fingerprint density at radius 1 is 0.735 bits per heavy atom. The molecule has 0 aromatic heterocycles. The number of nitrogens with zero attached hydrogens (tertiary/aromatic N) is 1. The number of aliphatic hydroxyl groups excluding tert-OH is 1. The van der Waals surface area contributed by atoms with E-state index in [0.717, 1.165) is 59.4 Å². The minimum Gasteiger partial charge on any atom is -0.392 e. The summed E-state index contributed by atoms with van der Waals surface area (Å²) in [4.78, 5) is 14.1. The quantitative estimate of drug-likeness (QED) is 0.104. The van der Waals surface area contributed by atoms with Gasteiger partial charge in [-0.2, -0.15) is 0 Å². The number of hydrogen-bond donors (Lipinski definition) is 2. The molecule has 4 rings (SSSR count). The van der Waals surface area contributed by atoms with Gasteiger partial charge in [-0.1, -0.05) is 145 Å². The second-order valence-electron chi connectivity index (χ2n) is 13.9. The number of hydrogen-bond acceptors (Lipinski definition) is 5. The van der Waals surface area contributed by atoms with Gasteiger partial charge in [0.25, 0.3) is 0 Å². The zero-order chi connectivity index (χ0) is 34.7. The van der Waals surface area contributed by atoms with Crippen LogP contribution in [0.4, 0.5) is 0 Å². The van der Waals surface area contributed by atoms with E-state index in [-0.39, 0.29) is 24.7 Å². The van der Waals surface area contributed by atoms with Crippen LogP contribution in [0.3, 0.4) is 0 Å². The van der Waals surface area contributed by atoms with E-state index in [0.29, 0.717) is 6.54 Å². The van der Waals surface area contributed by atoms with E-state index in [1.165, 1.54) is 77.0 Å². The average molecular weight is 671 g/mol. The van der Waals surface area contributed by atoms with Crippen molar-refractivity contribution in [3.63, 3.8) is 0 Å². The van der Waals surface area contributed by atoms with E-state index in [9.17, 15) is 9.90 Å². The van der Waals surface area contributed by atoms with Gasteiger partial charge in [0.2, 0.25) is 5.91 Å². The van der Waals surface area contributed by atoms with E-state index in [1.54, 1.807) is 6.92 Å². The number of ether oxygens (including phenoxy) is 2. The number of nitrogens with one attached hydrogen (secondary N) is 1. The molecule has 3 atom stereocenters. The van der Waals surface area contributed by atoms with E-state index < -0.39 is 6.29 Å². The van der Waals surface area contributed by atoms with Crippen molar-refractivity contribution >= 4 is 5.91 Å². The number of carbonyl (C=O) groups excluding carboxylic acids is 1. The lowest BCUT2D eigenvalue weighted by atomic mass is 9.98. The fourth-order valence-electron chi connectivity index (χ4n) is 6.77. The van der Waals surface area contributed by atoms with Crippen molar-refractivity contribution in [2.75, 3.05) is 19.6 Å². The molecule has 6 heteroatoms. The summed E-state index contributed by atoms with van der Waals surface area (Å²) in [7, 11) is 0. The molecule has 268 valence electrons. The molecule has 1 fully saturated rings. The van der Waals surface area contributed by atoms with Crippen molar-refractivity contribution in [2.24, 2.45) is 0 Å². The van der Waals surface area contributed by atoms with Crippen LogP contribution in [0.5, 0.6) is 0 Å². The number of carbonyl (C=O) groups is 1. The summed E-state index contributed by atoms with van der Waals surface area (Å²) < 4.78 is 13.5. The van der Waals surface area contributed by atoms with Gasteiger partial charge in [-0.25, -0.2) is 0 Å². The zero-order valence-electron chi connectivity index (χ0n) is 30.5. The summed E-state index contributed by atoms with van der Waals surface area (Å²) in [6.07, 6.45) is 16.0. The lowest BCUT2D eigenvalue weighted by molar-refractivity contribution is -0.253. The van der Waals surface area contributed by atoms with Gasteiger partial charge in [-0.15, -0.1) is 0 Å². The molecular weight excluding hydrogens is 608 g/mol. The molecule has 3 unspecified atom stereocenters. The summed E-state index contributed by atoms with van der Waals surface area (Å²) in [5, 5.41) is 12.5. The molecule has 0 radical (unpaired) electrons. The predicted octanol–water partition coefficient (Wildman–Crippen LogP) is 10.1. The van der Waals surface area contributed by atoms with Crippen LogP contribution >= 0.6 is 0 Å². The Bertz CT molecular complexity index is 1330. The van der Waals surface area contributed by atoms with E-state index in [2.05, 4.69) is 72.6 Å². The Hall–Kier alpha value is -3.03. The van der Waals surface area contributed by atoms with Crippen LogP contribution in [-0.2, 0) is 27.4 Å². The van der Waals surface area contributed by atoms with Crippen LogP contribution in [0.1, 0.15) is 139 Å². The highest BCUT2D eigenvalue weighted by Gasteiger charge is 2.33. The summed E-state index contributed by atoms with van der Waals surface area (Å²) in [6.45, 7) is 9.81. The summed E-state index contributed by atoms with van der Waals surface area (Å²) in [5.74, 6) is -0.0314. The predicted molar refractivity (Wildman–Crippen MR) is 201 cm³/mol. The smallest absolute Gasteiger partial charge is 0.217 e. The van der Waals surface area contributed by atoms with Gasteiger partial charge in [-0.3, -0.25) is 4.79 Å². The first-order chi connectivity index (χ1) is 24.0. The van der Waals surface area contributed by atoms with Gasteiger partial charge in [0.1, 0.15) is 0 Å².